The van der Waals surface area contributed by atoms with Crippen molar-refractivity contribution in [3.8, 4) is 11.8 Å². The summed E-state index contributed by atoms with van der Waals surface area (Å²) in [5.74, 6) is 5.67. The summed E-state index contributed by atoms with van der Waals surface area (Å²) in [5, 5.41) is 11.2. The van der Waals surface area contributed by atoms with Crippen LogP contribution in [0.5, 0.6) is 0 Å². The fourth-order valence-corrected chi connectivity index (χ4v) is 1.46. The highest BCUT2D eigenvalue weighted by Crippen LogP contribution is 2.20. The van der Waals surface area contributed by atoms with E-state index in [0.717, 1.165) is 4.47 Å². The number of hydrogen-bond acceptors (Lipinski definition) is 3. The van der Waals surface area contributed by atoms with Gasteiger partial charge in [0.25, 0.3) is 0 Å². The number of rotatable bonds is 2. The second kappa shape index (κ2) is 6.94. The lowest BCUT2D eigenvalue weighted by Gasteiger charge is -2.06. The number of halogens is 1. The number of ether oxygens (including phenoxy) is 1. The summed E-state index contributed by atoms with van der Waals surface area (Å²) in [7, 11) is 1.30. The molecule has 0 atom stereocenters. The lowest BCUT2D eigenvalue weighted by atomic mass is 10.2. The molecule has 0 unspecified atom stereocenters. The largest absolute Gasteiger partial charge is 0.453 e. The van der Waals surface area contributed by atoms with Gasteiger partial charge >= 0.3 is 6.09 Å². The molecule has 0 spiro atoms. The molecule has 0 bridgehead atoms. The summed E-state index contributed by atoms with van der Waals surface area (Å²) >= 11 is 3.33. The Hall–Kier alpha value is -1.51. The minimum absolute atomic E-state index is 0.0146. The van der Waals surface area contributed by atoms with Crippen LogP contribution in [-0.2, 0) is 4.74 Å². The Morgan fingerprint density at radius 2 is 2.35 bits per heavy atom. The highest BCUT2D eigenvalue weighted by molar-refractivity contribution is 9.10. The Morgan fingerprint density at radius 3 is 3.00 bits per heavy atom. The third-order valence-electron chi connectivity index (χ3n) is 1.86. The fraction of sp³-hybridized carbons (Fsp3) is 0.250. The Morgan fingerprint density at radius 1 is 1.59 bits per heavy atom. The third kappa shape index (κ3) is 4.47. The molecule has 0 saturated heterocycles. The van der Waals surface area contributed by atoms with E-state index in [-0.39, 0.29) is 6.61 Å². The van der Waals surface area contributed by atoms with Crippen molar-refractivity contribution >= 4 is 27.7 Å². The number of anilines is 1. The zero-order chi connectivity index (χ0) is 12.7. The van der Waals surface area contributed by atoms with Crippen LogP contribution in [0.15, 0.2) is 22.7 Å². The zero-order valence-electron chi connectivity index (χ0n) is 9.29. The lowest BCUT2D eigenvalue weighted by Crippen LogP contribution is -2.11. The molecular formula is C12H12BrNO3. The Bertz CT molecular complexity index is 463. The zero-order valence-corrected chi connectivity index (χ0v) is 10.9. The van der Waals surface area contributed by atoms with Gasteiger partial charge in [-0.25, -0.2) is 4.79 Å². The topological polar surface area (TPSA) is 58.6 Å². The molecule has 1 aromatic rings. The number of methoxy groups -OCH3 is 1. The van der Waals surface area contributed by atoms with Crippen molar-refractivity contribution in [2.24, 2.45) is 0 Å². The second-order valence-corrected chi connectivity index (χ2v) is 4.00. The summed E-state index contributed by atoms with van der Waals surface area (Å²) in [5.41, 5.74) is 1.24. The predicted octanol–water partition coefficient (Wildman–Crippen LogP) is 2.36. The summed E-state index contributed by atoms with van der Waals surface area (Å²) in [6.45, 7) is 0.0146. The molecular weight excluding hydrogens is 286 g/mol. The number of nitrogens with one attached hydrogen (secondary N) is 1. The summed E-state index contributed by atoms with van der Waals surface area (Å²) in [6, 6.07) is 5.31. The van der Waals surface area contributed by atoms with Gasteiger partial charge in [-0.2, -0.15) is 0 Å². The van der Waals surface area contributed by atoms with E-state index < -0.39 is 6.09 Å². The molecule has 0 heterocycles. The van der Waals surface area contributed by atoms with E-state index in [9.17, 15) is 4.79 Å². The molecule has 1 rings (SSSR count). The first kappa shape index (κ1) is 13.6. The van der Waals surface area contributed by atoms with Crippen molar-refractivity contribution in [2.45, 2.75) is 6.42 Å². The maximum absolute atomic E-state index is 11.1. The number of hydrogen-bond donors (Lipinski definition) is 2. The number of aliphatic hydroxyl groups excluding tert-OH is 1. The lowest BCUT2D eigenvalue weighted by molar-refractivity contribution is 0.187. The van der Waals surface area contributed by atoms with Crippen LogP contribution in [0.4, 0.5) is 10.5 Å². The van der Waals surface area contributed by atoms with Crippen LogP contribution in [0.25, 0.3) is 0 Å². The number of carbonyl (C=O) groups is 1. The van der Waals surface area contributed by atoms with E-state index in [2.05, 4.69) is 37.8 Å². The highest BCUT2D eigenvalue weighted by Gasteiger charge is 2.05. The molecule has 1 amide bonds. The van der Waals surface area contributed by atoms with Crippen molar-refractivity contribution in [1.29, 1.82) is 0 Å². The van der Waals surface area contributed by atoms with Crippen LogP contribution in [-0.4, -0.2) is 24.9 Å². The molecule has 0 aliphatic heterocycles. The fourth-order valence-electron chi connectivity index (χ4n) is 1.10. The smallest absolute Gasteiger partial charge is 0.411 e. The predicted molar refractivity (Wildman–Crippen MR) is 68.8 cm³/mol. The standard InChI is InChI=1S/C12H12BrNO3/c1-17-12(16)14-11-6-5-10(13)8-9(11)4-2-3-7-15/h5-6,8,15H,3,7H2,1H3,(H,14,16). The summed E-state index contributed by atoms with van der Waals surface area (Å²) in [4.78, 5) is 11.1. The molecule has 90 valence electrons. The molecule has 0 aromatic heterocycles. The van der Waals surface area contributed by atoms with Gasteiger partial charge in [0.1, 0.15) is 0 Å². The van der Waals surface area contributed by atoms with Gasteiger partial charge in [-0.3, -0.25) is 5.32 Å². The van der Waals surface area contributed by atoms with Crippen LogP contribution in [0.2, 0.25) is 0 Å². The molecule has 0 aliphatic rings. The van der Waals surface area contributed by atoms with Crippen LogP contribution in [0.3, 0.4) is 0 Å². The van der Waals surface area contributed by atoms with Gasteiger partial charge in [-0.05, 0) is 18.2 Å². The van der Waals surface area contributed by atoms with Gasteiger partial charge < -0.3 is 9.84 Å². The van der Waals surface area contributed by atoms with E-state index in [1.54, 1.807) is 18.2 Å². The number of carbonyl (C=O) groups excluding carboxylic acids is 1. The van der Waals surface area contributed by atoms with Gasteiger partial charge in [0, 0.05) is 16.5 Å². The van der Waals surface area contributed by atoms with Crippen molar-refractivity contribution in [2.75, 3.05) is 19.0 Å². The van der Waals surface area contributed by atoms with Crippen LogP contribution in [0.1, 0.15) is 12.0 Å². The Kier molecular flexibility index (Phi) is 5.53. The van der Waals surface area contributed by atoms with E-state index in [4.69, 9.17) is 5.11 Å². The van der Waals surface area contributed by atoms with Gasteiger partial charge in [-0.15, -0.1) is 0 Å². The molecule has 5 heteroatoms. The van der Waals surface area contributed by atoms with E-state index in [1.165, 1.54) is 7.11 Å². The molecule has 0 saturated carbocycles. The maximum Gasteiger partial charge on any atom is 0.411 e. The van der Waals surface area contributed by atoms with E-state index >= 15 is 0 Å². The summed E-state index contributed by atoms with van der Waals surface area (Å²) in [6.07, 6.45) is -0.151. The first-order chi connectivity index (χ1) is 8.17. The molecule has 2 N–H and O–H groups in total. The van der Waals surface area contributed by atoms with Gasteiger partial charge in [0.15, 0.2) is 0 Å². The maximum atomic E-state index is 11.1. The van der Waals surface area contributed by atoms with Crippen molar-refractivity contribution in [3.05, 3.63) is 28.2 Å². The number of amides is 1. The SMILES string of the molecule is COC(=O)Nc1ccc(Br)cc1C#CCCO. The Balaban J connectivity index is 2.96. The van der Waals surface area contributed by atoms with Crippen molar-refractivity contribution in [3.63, 3.8) is 0 Å². The minimum Gasteiger partial charge on any atom is -0.453 e. The molecule has 17 heavy (non-hydrogen) atoms. The Labute approximate surface area is 108 Å². The average Bonchev–Trinajstić information content (AvgIpc) is 2.32. The van der Waals surface area contributed by atoms with E-state index in [1.807, 2.05) is 0 Å². The first-order valence-electron chi connectivity index (χ1n) is 4.91. The normalized spacial score (nSPS) is 9.12. The van der Waals surface area contributed by atoms with Crippen molar-refractivity contribution < 1.29 is 14.6 Å². The number of benzene rings is 1. The first-order valence-corrected chi connectivity index (χ1v) is 5.71. The molecule has 1 aromatic carbocycles. The van der Waals surface area contributed by atoms with Crippen LogP contribution < -0.4 is 5.32 Å². The van der Waals surface area contributed by atoms with Gasteiger partial charge in [-0.1, -0.05) is 27.8 Å². The van der Waals surface area contributed by atoms with Crippen LogP contribution >= 0.6 is 15.9 Å². The van der Waals surface area contributed by atoms with Crippen LogP contribution in [0, 0.1) is 11.8 Å². The van der Waals surface area contributed by atoms with E-state index in [0.29, 0.717) is 17.7 Å². The molecule has 0 fully saturated rings. The molecule has 0 aliphatic carbocycles. The molecule has 4 nitrogen and oxygen atoms in total. The minimum atomic E-state index is -0.544. The van der Waals surface area contributed by atoms with Gasteiger partial charge in [0.05, 0.1) is 19.4 Å². The summed E-state index contributed by atoms with van der Waals surface area (Å²) < 4.78 is 5.38. The monoisotopic (exact) mass is 297 g/mol. The van der Waals surface area contributed by atoms with Gasteiger partial charge in [0.2, 0.25) is 0 Å². The highest BCUT2D eigenvalue weighted by atomic mass is 79.9. The average molecular weight is 298 g/mol. The quantitative estimate of drug-likeness (QED) is 0.824. The second-order valence-electron chi connectivity index (χ2n) is 3.08. The molecule has 0 radical (unpaired) electrons. The third-order valence-corrected chi connectivity index (χ3v) is 2.36. The number of aliphatic hydroxyl groups is 1. The van der Waals surface area contributed by atoms with Crippen molar-refractivity contribution in [1.82, 2.24) is 0 Å².